The molecule has 0 spiro atoms. The van der Waals surface area contributed by atoms with Crippen molar-refractivity contribution >= 4 is 17.5 Å². The highest BCUT2D eigenvalue weighted by Crippen LogP contribution is 2.27. The molecule has 1 heterocycles. The first kappa shape index (κ1) is 16.0. The van der Waals surface area contributed by atoms with Crippen LogP contribution >= 0.6 is 11.6 Å². The number of piperidine rings is 1. The Balaban J connectivity index is 1.83. The number of rotatable bonds is 3. The van der Waals surface area contributed by atoms with Gasteiger partial charge in [0.1, 0.15) is 0 Å². The van der Waals surface area contributed by atoms with Crippen LogP contribution in [0.5, 0.6) is 0 Å². The van der Waals surface area contributed by atoms with Crippen LogP contribution in [-0.2, 0) is 0 Å². The lowest BCUT2D eigenvalue weighted by atomic mass is 10.0. The molecule has 1 N–H and O–H groups in total. The average molecular weight is 329 g/mol. The second kappa shape index (κ2) is 7.16. The van der Waals surface area contributed by atoms with Gasteiger partial charge in [-0.05, 0) is 43.1 Å². The van der Waals surface area contributed by atoms with E-state index in [4.69, 9.17) is 11.6 Å². The zero-order chi connectivity index (χ0) is 16.2. The summed E-state index contributed by atoms with van der Waals surface area (Å²) in [6, 6.07) is 16.2. The molecule has 1 aliphatic heterocycles. The molecule has 3 rings (SSSR count). The Morgan fingerprint density at radius 2 is 1.78 bits per heavy atom. The third-order valence-electron chi connectivity index (χ3n) is 4.49. The molecule has 0 aromatic heterocycles. The molecule has 0 saturated carbocycles. The summed E-state index contributed by atoms with van der Waals surface area (Å²) >= 11 is 6.29. The first-order valence-corrected chi connectivity index (χ1v) is 8.38. The summed E-state index contributed by atoms with van der Waals surface area (Å²) in [5.74, 6) is 0.0299. The van der Waals surface area contributed by atoms with E-state index in [9.17, 15) is 4.79 Å². The van der Waals surface area contributed by atoms with Gasteiger partial charge in [-0.3, -0.25) is 4.79 Å². The van der Waals surface area contributed by atoms with Crippen LogP contribution in [0.3, 0.4) is 0 Å². The molecular weight excluding hydrogens is 308 g/mol. The minimum atomic E-state index is 0.0299. The SMILES string of the molecule is CNC1CCN(C(=O)c2cc(-c3ccccc3)ccc2Cl)CC1. The van der Waals surface area contributed by atoms with Crippen molar-refractivity contribution in [2.24, 2.45) is 0 Å². The van der Waals surface area contributed by atoms with Crippen LogP contribution in [0, 0.1) is 0 Å². The third kappa shape index (κ3) is 3.57. The lowest BCUT2D eigenvalue weighted by molar-refractivity contribution is 0.0707. The Hall–Kier alpha value is -1.84. The third-order valence-corrected chi connectivity index (χ3v) is 4.82. The summed E-state index contributed by atoms with van der Waals surface area (Å²) in [4.78, 5) is 14.7. The standard InChI is InChI=1S/C19H21ClN2O/c1-21-16-9-11-22(12-10-16)19(23)17-13-15(7-8-18(17)20)14-5-3-2-4-6-14/h2-8,13,16,21H,9-12H2,1H3. The highest BCUT2D eigenvalue weighted by molar-refractivity contribution is 6.34. The molecule has 1 amide bonds. The monoisotopic (exact) mass is 328 g/mol. The molecule has 1 fully saturated rings. The van der Waals surface area contributed by atoms with Crippen LogP contribution in [0.4, 0.5) is 0 Å². The van der Waals surface area contributed by atoms with Gasteiger partial charge < -0.3 is 10.2 Å². The Bertz CT molecular complexity index is 679. The van der Waals surface area contributed by atoms with Crippen molar-refractivity contribution in [1.29, 1.82) is 0 Å². The first-order chi connectivity index (χ1) is 11.2. The van der Waals surface area contributed by atoms with Gasteiger partial charge in [0.15, 0.2) is 0 Å². The van der Waals surface area contributed by atoms with E-state index < -0.39 is 0 Å². The number of amides is 1. The van der Waals surface area contributed by atoms with Gasteiger partial charge in [0.25, 0.3) is 5.91 Å². The molecule has 0 radical (unpaired) electrons. The van der Waals surface area contributed by atoms with Crippen LogP contribution in [0.15, 0.2) is 48.5 Å². The van der Waals surface area contributed by atoms with E-state index in [0.717, 1.165) is 37.1 Å². The number of hydrogen-bond acceptors (Lipinski definition) is 2. The van der Waals surface area contributed by atoms with Gasteiger partial charge in [0.2, 0.25) is 0 Å². The predicted octanol–water partition coefficient (Wildman–Crippen LogP) is 3.83. The van der Waals surface area contributed by atoms with Crippen LogP contribution in [0.2, 0.25) is 5.02 Å². The number of benzene rings is 2. The van der Waals surface area contributed by atoms with E-state index in [1.54, 1.807) is 0 Å². The van der Waals surface area contributed by atoms with E-state index >= 15 is 0 Å². The summed E-state index contributed by atoms with van der Waals surface area (Å²) in [7, 11) is 1.97. The molecule has 0 bridgehead atoms. The molecular formula is C19H21ClN2O. The summed E-state index contributed by atoms with van der Waals surface area (Å²) in [5.41, 5.74) is 2.70. The van der Waals surface area contributed by atoms with Gasteiger partial charge in [-0.2, -0.15) is 0 Å². The highest BCUT2D eigenvalue weighted by atomic mass is 35.5. The molecule has 120 valence electrons. The van der Waals surface area contributed by atoms with Crippen LogP contribution in [-0.4, -0.2) is 37.0 Å². The molecule has 3 nitrogen and oxygen atoms in total. The number of carbonyl (C=O) groups is 1. The van der Waals surface area contributed by atoms with Crippen molar-refractivity contribution in [1.82, 2.24) is 10.2 Å². The summed E-state index contributed by atoms with van der Waals surface area (Å²) in [6.45, 7) is 1.55. The normalized spacial score (nSPS) is 15.7. The Labute approximate surface area is 142 Å². The summed E-state index contributed by atoms with van der Waals surface area (Å²) < 4.78 is 0. The lowest BCUT2D eigenvalue weighted by Crippen LogP contribution is -2.44. The summed E-state index contributed by atoms with van der Waals surface area (Å²) in [6.07, 6.45) is 1.97. The minimum absolute atomic E-state index is 0.0299. The number of likely N-dealkylation sites (tertiary alicyclic amines) is 1. The molecule has 23 heavy (non-hydrogen) atoms. The Kier molecular flexibility index (Phi) is 4.99. The van der Waals surface area contributed by atoms with Gasteiger partial charge in [-0.25, -0.2) is 0 Å². The first-order valence-electron chi connectivity index (χ1n) is 8.00. The number of halogens is 1. The van der Waals surface area contributed by atoms with Crippen LogP contribution in [0.1, 0.15) is 23.2 Å². The largest absolute Gasteiger partial charge is 0.338 e. The number of nitrogens with one attached hydrogen (secondary N) is 1. The van der Waals surface area contributed by atoms with Gasteiger partial charge in [0.05, 0.1) is 10.6 Å². The number of nitrogens with zero attached hydrogens (tertiary/aromatic N) is 1. The van der Waals surface area contributed by atoms with Crippen molar-refractivity contribution < 1.29 is 4.79 Å². The van der Waals surface area contributed by atoms with Gasteiger partial charge >= 0.3 is 0 Å². The van der Waals surface area contributed by atoms with Gasteiger partial charge in [-0.15, -0.1) is 0 Å². The van der Waals surface area contributed by atoms with Gasteiger partial charge in [-0.1, -0.05) is 48.0 Å². The van der Waals surface area contributed by atoms with Crippen LogP contribution < -0.4 is 5.32 Å². The number of carbonyl (C=O) groups excluding carboxylic acids is 1. The summed E-state index contributed by atoms with van der Waals surface area (Å²) in [5, 5.41) is 3.80. The fraction of sp³-hybridized carbons (Fsp3) is 0.316. The van der Waals surface area contributed by atoms with Crippen molar-refractivity contribution in [3.8, 4) is 11.1 Å². The van der Waals surface area contributed by atoms with E-state index in [-0.39, 0.29) is 5.91 Å². The maximum absolute atomic E-state index is 12.8. The van der Waals surface area contributed by atoms with E-state index in [1.807, 2.05) is 60.5 Å². The maximum Gasteiger partial charge on any atom is 0.255 e. The highest BCUT2D eigenvalue weighted by Gasteiger charge is 2.24. The molecule has 4 heteroatoms. The van der Waals surface area contributed by atoms with E-state index in [0.29, 0.717) is 16.6 Å². The molecule has 2 aromatic rings. The van der Waals surface area contributed by atoms with Crippen LogP contribution in [0.25, 0.3) is 11.1 Å². The zero-order valence-electron chi connectivity index (χ0n) is 13.3. The quantitative estimate of drug-likeness (QED) is 0.928. The number of hydrogen-bond donors (Lipinski definition) is 1. The minimum Gasteiger partial charge on any atom is -0.338 e. The van der Waals surface area contributed by atoms with Crippen molar-refractivity contribution in [2.75, 3.05) is 20.1 Å². The molecule has 0 aliphatic carbocycles. The topological polar surface area (TPSA) is 32.3 Å². The lowest BCUT2D eigenvalue weighted by Gasteiger charge is -2.32. The molecule has 1 saturated heterocycles. The van der Waals surface area contributed by atoms with Crippen molar-refractivity contribution in [2.45, 2.75) is 18.9 Å². The Morgan fingerprint density at radius 3 is 2.43 bits per heavy atom. The maximum atomic E-state index is 12.8. The Morgan fingerprint density at radius 1 is 1.09 bits per heavy atom. The second-order valence-corrected chi connectivity index (χ2v) is 6.32. The predicted molar refractivity (Wildman–Crippen MR) is 94.9 cm³/mol. The van der Waals surface area contributed by atoms with Crippen molar-refractivity contribution in [3.63, 3.8) is 0 Å². The fourth-order valence-corrected chi connectivity index (χ4v) is 3.24. The molecule has 0 unspecified atom stereocenters. The molecule has 0 atom stereocenters. The van der Waals surface area contributed by atoms with E-state index in [2.05, 4.69) is 5.32 Å². The molecule has 1 aliphatic rings. The zero-order valence-corrected chi connectivity index (χ0v) is 14.0. The average Bonchev–Trinajstić information content (AvgIpc) is 2.62. The second-order valence-electron chi connectivity index (χ2n) is 5.92. The van der Waals surface area contributed by atoms with E-state index in [1.165, 1.54) is 0 Å². The van der Waals surface area contributed by atoms with Gasteiger partial charge in [0, 0.05) is 19.1 Å². The smallest absolute Gasteiger partial charge is 0.255 e. The fourth-order valence-electron chi connectivity index (χ4n) is 3.04. The molecule has 2 aromatic carbocycles. The van der Waals surface area contributed by atoms with Crippen molar-refractivity contribution in [3.05, 3.63) is 59.1 Å².